The normalized spacial score (nSPS) is 14.6. The van der Waals surface area contributed by atoms with E-state index < -0.39 is 0 Å². The first-order valence-corrected chi connectivity index (χ1v) is 7.82. The molecule has 0 unspecified atom stereocenters. The first kappa shape index (κ1) is 17.3. The fraction of sp³-hybridized carbons (Fsp3) is 0.438. The van der Waals surface area contributed by atoms with Gasteiger partial charge in [0.15, 0.2) is 0 Å². The summed E-state index contributed by atoms with van der Waals surface area (Å²) in [6.07, 6.45) is 0.791. The fourth-order valence-electron chi connectivity index (χ4n) is 2.57. The molecule has 1 aliphatic rings. The second-order valence-electron chi connectivity index (χ2n) is 5.51. The summed E-state index contributed by atoms with van der Waals surface area (Å²) in [7, 11) is 0. The summed E-state index contributed by atoms with van der Waals surface area (Å²) < 4.78 is 0. The van der Waals surface area contributed by atoms with Gasteiger partial charge in [-0.3, -0.25) is 14.4 Å². The van der Waals surface area contributed by atoms with Crippen molar-refractivity contribution < 1.29 is 14.4 Å². The lowest BCUT2D eigenvalue weighted by Crippen LogP contribution is -2.51. The van der Waals surface area contributed by atoms with Crippen LogP contribution in [0.2, 0.25) is 5.02 Å². The van der Waals surface area contributed by atoms with E-state index in [9.17, 15) is 14.4 Å². The smallest absolute Gasteiger partial charge is 0.242 e. The summed E-state index contributed by atoms with van der Waals surface area (Å²) in [6.45, 7) is 5.23. The first-order chi connectivity index (χ1) is 10.9. The van der Waals surface area contributed by atoms with Crippen molar-refractivity contribution in [2.24, 2.45) is 0 Å². The number of piperazine rings is 1. The van der Waals surface area contributed by atoms with Gasteiger partial charge in [-0.05, 0) is 24.6 Å². The highest BCUT2D eigenvalue weighted by molar-refractivity contribution is 6.31. The number of anilines is 1. The van der Waals surface area contributed by atoms with E-state index in [1.807, 2.05) is 6.92 Å². The van der Waals surface area contributed by atoms with Crippen LogP contribution in [-0.2, 0) is 14.4 Å². The molecule has 1 heterocycles. The highest BCUT2D eigenvalue weighted by Crippen LogP contribution is 2.26. The van der Waals surface area contributed by atoms with Crippen LogP contribution in [0.25, 0.3) is 0 Å². The van der Waals surface area contributed by atoms with Gasteiger partial charge in [-0.1, -0.05) is 17.7 Å². The number of rotatable bonds is 4. The molecule has 2 rings (SSSR count). The number of amides is 3. The zero-order valence-electron chi connectivity index (χ0n) is 13.3. The van der Waals surface area contributed by atoms with Gasteiger partial charge < -0.3 is 14.7 Å². The van der Waals surface area contributed by atoms with E-state index in [4.69, 9.17) is 11.6 Å². The lowest BCUT2D eigenvalue weighted by molar-refractivity contribution is -0.134. The molecule has 0 saturated carbocycles. The van der Waals surface area contributed by atoms with Crippen LogP contribution in [0.5, 0.6) is 0 Å². The van der Waals surface area contributed by atoms with Crippen molar-refractivity contribution >= 4 is 35.5 Å². The average molecular weight is 338 g/mol. The van der Waals surface area contributed by atoms with Gasteiger partial charge in [-0.2, -0.15) is 0 Å². The maximum Gasteiger partial charge on any atom is 0.242 e. The van der Waals surface area contributed by atoms with Crippen LogP contribution < -0.4 is 4.90 Å². The van der Waals surface area contributed by atoms with Crippen molar-refractivity contribution in [3.63, 3.8) is 0 Å². The van der Waals surface area contributed by atoms with E-state index in [0.29, 0.717) is 36.9 Å². The van der Waals surface area contributed by atoms with E-state index >= 15 is 0 Å². The molecule has 3 amide bonds. The van der Waals surface area contributed by atoms with Crippen LogP contribution in [0.15, 0.2) is 18.2 Å². The summed E-state index contributed by atoms with van der Waals surface area (Å²) in [5, 5.41) is 0.556. The second-order valence-corrected chi connectivity index (χ2v) is 5.92. The Morgan fingerprint density at radius 3 is 2.48 bits per heavy atom. The SMILES string of the molecule is CC(=O)N(CC(=O)N1CCN(C=O)CC1)c1cccc(Cl)c1C. The lowest BCUT2D eigenvalue weighted by atomic mass is 10.1. The molecule has 1 aromatic rings. The van der Waals surface area contributed by atoms with Crippen LogP contribution in [0.4, 0.5) is 5.69 Å². The monoisotopic (exact) mass is 337 g/mol. The maximum atomic E-state index is 12.5. The molecule has 0 aliphatic carbocycles. The molecule has 0 atom stereocenters. The van der Waals surface area contributed by atoms with Crippen molar-refractivity contribution in [3.8, 4) is 0 Å². The van der Waals surface area contributed by atoms with Gasteiger partial charge in [0.05, 0.1) is 0 Å². The van der Waals surface area contributed by atoms with Gasteiger partial charge in [0.1, 0.15) is 6.54 Å². The molecule has 0 N–H and O–H groups in total. The molecular formula is C16H20ClN3O3. The largest absolute Gasteiger partial charge is 0.342 e. The predicted molar refractivity (Wildman–Crippen MR) is 88.4 cm³/mol. The Labute approximate surface area is 140 Å². The number of hydrogen-bond donors (Lipinski definition) is 0. The highest BCUT2D eigenvalue weighted by atomic mass is 35.5. The summed E-state index contributed by atoms with van der Waals surface area (Å²) in [6, 6.07) is 5.29. The van der Waals surface area contributed by atoms with Crippen molar-refractivity contribution in [3.05, 3.63) is 28.8 Å². The quantitative estimate of drug-likeness (QED) is 0.778. The van der Waals surface area contributed by atoms with E-state index in [2.05, 4.69) is 0 Å². The standard InChI is InChI=1S/C16H20ClN3O3/c1-12-14(17)4-3-5-15(12)20(13(2)22)10-16(23)19-8-6-18(11-21)7-9-19/h3-5,11H,6-10H2,1-2H3. The molecule has 0 aromatic heterocycles. The summed E-state index contributed by atoms with van der Waals surface area (Å²) in [5.41, 5.74) is 1.41. The van der Waals surface area contributed by atoms with Gasteiger partial charge >= 0.3 is 0 Å². The third kappa shape index (κ3) is 4.01. The van der Waals surface area contributed by atoms with Crippen LogP contribution >= 0.6 is 11.6 Å². The van der Waals surface area contributed by atoms with Crippen molar-refractivity contribution in [2.75, 3.05) is 37.6 Å². The number of nitrogens with zero attached hydrogens (tertiary/aromatic N) is 3. The van der Waals surface area contributed by atoms with E-state index in [1.165, 1.54) is 11.8 Å². The molecule has 1 fully saturated rings. The van der Waals surface area contributed by atoms with Crippen molar-refractivity contribution in [1.82, 2.24) is 9.80 Å². The van der Waals surface area contributed by atoms with Crippen LogP contribution in [0.1, 0.15) is 12.5 Å². The number of carbonyl (C=O) groups is 3. The van der Waals surface area contributed by atoms with Crippen LogP contribution in [-0.4, -0.2) is 60.7 Å². The zero-order valence-corrected chi connectivity index (χ0v) is 14.0. The van der Waals surface area contributed by atoms with Crippen molar-refractivity contribution in [1.29, 1.82) is 0 Å². The first-order valence-electron chi connectivity index (χ1n) is 7.44. The Balaban J connectivity index is 2.11. The molecule has 1 aliphatic heterocycles. The Kier molecular flexibility index (Phi) is 5.60. The third-order valence-corrected chi connectivity index (χ3v) is 4.43. The predicted octanol–water partition coefficient (Wildman–Crippen LogP) is 1.30. The number of carbonyl (C=O) groups excluding carboxylic acids is 3. The lowest BCUT2D eigenvalue weighted by Gasteiger charge is -2.34. The van der Waals surface area contributed by atoms with Gasteiger partial charge in [0, 0.05) is 43.8 Å². The molecule has 0 radical (unpaired) electrons. The second kappa shape index (κ2) is 7.46. The number of halogens is 1. The summed E-state index contributed by atoms with van der Waals surface area (Å²) in [4.78, 5) is 39.9. The minimum Gasteiger partial charge on any atom is -0.342 e. The number of benzene rings is 1. The third-order valence-electron chi connectivity index (χ3n) is 4.02. The highest BCUT2D eigenvalue weighted by Gasteiger charge is 2.24. The van der Waals surface area contributed by atoms with Gasteiger partial charge in [-0.25, -0.2) is 0 Å². The zero-order chi connectivity index (χ0) is 17.0. The molecule has 6 nitrogen and oxygen atoms in total. The molecule has 1 saturated heterocycles. The van der Waals surface area contributed by atoms with E-state index in [1.54, 1.807) is 28.0 Å². The van der Waals surface area contributed by atoms with Gasteiger partial charge in [-0.15, -0.1) is 0 Å². The molecule has 7 heteroatoms. The maximum absolute atomic E-state index is 12.5. The Hall–Kier alpha value is -2.08. The fourth-order valence-corrected chi connectivity index (χ4v) is 2.74. The Morgan fingerprint density at radius 2 is 1.91 bits per heavy atom. The van der Waals surface area contributed by atoms with Gasteiger partial charge in [0.25, 0.3) is 0 Å². The molecular weight excluding hydrogens is 318 g/mol. The van der Waals surface area contributed by atoms with Gasteiger partial charge in [0.2, 0.25) is 18.2 Å². The Morgan fingerprint density at radius 1 is 1.26 bits per heavy atom. The molecule has 0 spiro atoms. The van der Waals surface area contributed by atoms with E-state index in [0.717, 1.165) is 12.0 Å². The number of hydrogen-bond acceptors (Lipinski definition) is 3. The average Bonchev–Trinajstić information content (AvgIpc) is 2.55. The Bertz CT molecular complexity index is 613. The minimum atomic E-state index is -0.213. The molecule has 23 heavy (non-hydrogen) atoms. The van der Waals surface area contributed by atoms with E-state index in [-0.39, 0.29) is 18.4 Å². The topological polar surface area (TPSA) is 60.9 Å². The van der Waals surface area contributed by atoms with Crippen molar-refractivity contribution in [2.45, 2.75) is 13.8 Å². The molecule has 0 bridgehead atoms. The minimum absolute atomic E-state index is 0.0302. The summed E-state index contributed by atoms with van der Waals surface area (Å²) in [5.74, 6) is -0.347. The molecule has 124 valence electrons. The van der Waals surface area contributed by atoms with Crippen LogP contribution in [0.3, 0.4) is 0 Å². The molecule has 1 aromatic carbocycles. The summed E-state index contributed by atoms with van der Waals surface area (Å²) >= 11 is 6.11. The van der Waals surface area contributed by atoms with Crippen LogP contribution in [0, 0.1) is 6.92 Å².